The number of aromatic nitrogens is 1. The highest BCUT2D eigenvalue weighted by Crippen LogP contribution is 2.28. The molecule has 0 saturated carbocycles. The predicted octanol–water partition coefficient (Wildman–Crippen LogP) is 4.31. The largest absolute Gasteiger partial charge is 0.497 e. The van der Waals surface area contributed by atoms with Gasteiger partial charge in [-0.3, -0.25) is 9.69 Å². The lowest BCUT2D eigenvalue weighted by Crippen LogP contribution is -2.34. The van der Waals surface area contributed by atoms with Gasteiger partial charge in [0.1, 0.15) is 21.5 Å². The Labute approximate surface area is 179 Å². The van der Waals surface area contributed by atoms with Crippen molar-refractivity contribution in [3.8, 4) is 16.3 Å². The summed E-state index contributed by atoms with van der Waals surface area (Å²) < 4.78 is 19.2. The normalized spacial score (nSPS) is 15.1. The van der Waals surface area contributed by atoms with E-state index in [0.717, 1.165) is 31.8 Å². The number of halogens is 1. The third-order valence-electron chi connectivity index (χ3n) is 5.26. The highest BCUT2D eigenvalue weighted by Gasteiger charge is 2.23. The maximum absolute atomic E-state index is 14.0. The van der Waals surface area contributed by atoms with Crippen molar-refractivity contribution in [2.24, 2.45) is 0 Å². The molecule has 1 aromatic heterocycles. The average Bonchev–Trinajstić information content (AvgIpc) is 3.14. The number of hydrogen-bond donors (Lipinski definition) is 0. The first-order chi connectivity index (χ1) is 14.6. The predicted molar refractivity (Wildman–Crippen MR) is 116 cm³/mol. The van der Waals surface area contributed by atoms with Crippen molar-refractivity contribution < 1.29 is 13.9 Å². The fourth-order valence-corrected chi connectivity index (χ4v) is 4.52. The van der Waals surface area contributed by atoms with Crippen molar-refractivity contribution in [1.29, 1.82) is 0 Å². The Hall–Kier alpha value is -2.77. The van der Waals surface area contributed by atoms with Gasteiger partial charge in [-0.15, -0.1) is 11.3 Å². The maximum atomic E-state index is 14.0. The molecule has 1 saturated heterocycles. The van der Waals surface area contributed by atoms with Crippen LogP contribution in [0.3, 0.4) is 0 Å². The minimum atomic E-state index is -0.324. The highest BCUT2D eigenvalue weighted by atomic mass is 32.1. The first kappa shape index (κ1) is 20.5. The molecule has 1 amide bonds. The average molecular weight is 426 g/mol. The second kappa shape index (κ2) is 9.36. The molecule has 5 nitrogen and oxygen atoms in total. The van der Waals surface area contributed by atoms with Gasteiger partial charge in [-0.2, -0.15) is 0 Å². The molecule has 3 aromatic rings. The number of amides is 1. The summed E-state index contributed by atoms with van der Waals surface area (Å²) in [5.41, 5.74) is 1.66. The van der Waals surface area contributed by atoms with Crippen LogP contribution in [-0.4, -0.2) is 54.0 Å². The summed E-state index contributed by atoms with van der Waals surface area (Å²) in [6.07, 6.45) is 2.48. The fraction of sp³-hybridized carbons (Fsp3) is 0.304. The van der Waals surface area contributed by atoms with Crippen LogP contribution >= 0.6 is 11.3 Å². The number of methoxy groups -OCH3 is 1. The Kier molecular flexibility index (Phi) is 6.40. The Morgan fingerprint density at radius 2 is 1.90 bits per heavy atom. The summed E-state index contributed by atoms with van der Waals surface area (Å²) in [5, 5.41) is 0.535. The zero-order valence-electron chi connectivity index (χ0n) is 16.9. The smallest absolute Gasteiger partial charge is 0.265 e. The molecule has 2 heterocycles. The monoisotopic (exact) mass is 425 g/mol. The lowest BCUT2D eigenvalue weighted by molar-refractivity contribution is 0.0765. The van der Waals surface area contributed by atoms with Gasteiger partial charge in [0.25, 0.3) is 5.91 Å². The molecule has 30 heavy (non-hydrogen) atoms. The van der Waals surface area contributed by atoms with E-state index >= 15 is 0 Å². The molecule has 0 aliphatic carbocycles. The lowest BCUT2D eigenvalue weighted by atomic mass is 10.2. The van der Waals surface area contributed by atoms with Crippen molar-refractivity contribution in [1.82, 2.24) is 14.8 Å². The second-order valence-electron chi connectivity index (χ2n) is 7.28. The molecule has 4 rings (SSSR count). The van der Waals surface area contributed by atoms with Gasteiger partial charge < -0.3 is 9.64 Å². The van der Waals surface area contributed by atoms with Crippen LogP contribution < -0.4 is 4.74 Å². The number of thiazole rings is 1. The Morgan fingerprint density at radius 3 is 2.67 bits per heavy atom. The molecule has 0 radical (unpaired) electrons. The van der Waals surface area contributed by atoms with Crippen molar-refractivity contribution >= 4 is 17.2 Å². The van der Waals surface area contributed by atoms with Gasteiger partial charge in [0.2, 0.25) is 0 Å². The van der Waals surface area contributed by atoms with Gasteiger partial charge in [-0.05, 0) is 36.2 Å². The minimum Gasteiger partial charge on any atom is -0.497 e. The van der Waals surface area contributed by atoms with Crippen molar-refractivity contribution in [3.05, 3.63) is 71.0 Å². The molecule has 156 valence electrons. The highest BCUT2D eigenvalue weighted by molar-refractivity contribution is 7.16. The Balaban J connectivity index is 1.38. The van der Waals surface area contributed by atoms with E-state index in [-0.39, 0.29) is 11.7 Å². The van der Waals surface area contributed by atoms with E-state index in [4.69, 9.17) is 4.74 Å². The summed E-state index contributed by atoms with van der Waals surface area (Å²) in [4.78, 5) is 22.1. The SMILES string of the molecule is COc1ccc(CN2CCCN(C(=O)c3cnc(-c4ccccc4F)s3)CC2)cc1. The van der Waals surface area contributed by atoms with E-state index in [0.29, 0.717) is 28.5 Å². The van der Waals surface area contributed by atoms with Gasteiger partial charge in [-0.1, -0.05) is 24.3 Å². The van der Waals surface area contributed by atoms with Crippen LogP contribution in [0.2, 0.25) is 0 Å². The van der Waals surface area contributed by atoms with Crippen molar-refractivity contribution in [2.45, 2.75) is 13.0 Å². The molecule has 1 fully saturated rings. The molecule has 0 spiro atoms. The standard InChI is InChI=1S/C23H24FN3O2S/c1-29-18-9-7-17(8-10-18)16-26-11-4-12-27(14-13-26)23(28)21-15-25-22(30-21)19-5-2-3-6-20(19)24/h2-3,5-10,15H,4,11-14,16H2,1H3. The number of hydrogen-bond acceptors (Lipinski definition) is 5. The summed E-state index contributed by atoms with van der Waals surface area (Å²) in [6.45, 7) is 3.99. The zero-order valence-corrected chi connectivity index (χ0v) is 17.7. The lowest BCUT2D eigenvalue weighted by Gasteiger charge is -2.21. The van der Waals surface area contributed by atoms with Gasteiger partial charge in [0.15, 0.2) is 0 Å². The molecule has 1 aliphatic heterocycles. The number of ether oxygens (including phenoxy) is 1. The summed E-state index contributed by atoms with van der Waals surface area (Å²) in [7, 11) is 1.66. The number of carbonyl (C=O) groups excluding carboxylic acids is 1. The number of rotatable bonds is 5. The second-order valence-corrected chi connectivity index (χ2v) is 8.31. The van der Waals surface area contributed by atoms with E-state index in [9.17, 15) is 9.18 Å². The van der Waals surface area contributed by atoms with Crippen molar-refractivity contribution in [2.75, 3.05) is 33.3 Å². The van der Waals surface area contributed by atoms with Crippen LogP contribution in [0.1, 0.15) is 21.7 Å². The van der Waals surface area contributed by atoms with E-state index in [1.807, 2.05) is 17.0 Å². The number of benzene rings is 2. The molecule has 0 unspecified atom stereocenters. The summed E-state index contributed by atoms with van der Waals surface area (Å²) in [5.74, 6) is 0.502. The molecular formula is C23H24FN3O2S. The first-order valence-electron chi connectivity index (χ1n) is 9.99. The summed E-state index contributed by atoms with van der Waals surface area (Å²) >= 11 is 1.25. The van der Waals surface area contributed by atoms with E-state index in [2.05, 4.69) is 22.0 Å². The fourth-order valence-electron chi connectivity index (χ4n) is 3.61. The minimum absolute atomic E-state index is 0.0265. The zero-order chi connectivity index (χ0) is 20.9. The van der Waals surface area contributed by atoms with Crippen LogP contribution in [0.4, 0.5) is 4.39 Å². The van der Waals surface area contributed by atoms with Crippen LogP contribution in [0.25, 0.3) is 10.6 Å². The van der Waals surface area contributed by atoms with Gasteiger partial charge in [0, 0.05) is 38.3 Å². The van der Waals surface area contributed by atoms with Crippen LogP contribution in [0.15, 0.2) is 54.7 Å². The van der Waals surface area contributed by atoms with E-state index < -0.39 is 0 Å². The Bertz CT molecular complexity index is 1010. The van der Waals surface area contributed by atoms with Crippen LogP contribution in [-0.2, 0) is 6.54 Å². The molecule has 1 aliphatic rings. The number of carbonyl (C=O) groups is 1. The third-order valence-corrected chi connectivity index (χ3v) is 6.28. The quantitative estimate of drug-likeness (QED) is 0.611. The third kappa shape index (κ3) is 4.68. The first-order valence-corrected chi connectivity index (χ1v) is 10.8. The molecular weight excluding hydrogens is 401 g/mol. The van der Waals surface area contributed by atoms with Crippen molar-refractivity contribution in [3.63, 3.8) is 0 Å². The Morgan fingerprint density at radius 1 is 1.10 bits per heavy atom. The van der Waals surface area contributed by atoms with Gasteiger partial charge in [0.05, 0.1) is 13.3 Å². The van der Waals surface area contributed by atoms with E-state index in [1.54, 1.807) is 31.5 Å². The van der Waals surface area contributed by atoms with Crippen LogP contribution in [0.5, 0.6) is 5.75 Å². The van der Waals surface area contributed by atoms with Crippen LogP contribution in [0, 0.1) is 5.82 Å². The van der Waals surface area contributed by atoms with Gasteiger partial charge in [-0.25, -0.2) is 9.37 Å². The molecule has 0 atom stereocenters. The molecule has 0 bridgehead atoms. The topological polar surface area (TPSA) is 45.7 Å². The molecule has 7 heteroatoms. The van der Waals surface area contributed by atoms with Gasteiger partial charge >= 0.3 is 0 Å². The summed E-state index contributed by atoms with van der Waals surface area (Å²) in [6, 6.07) is 14.6. The molecule has 0 N–H and O–H groups in total. The maximum Gasteiger partial charge on any atom is 0.265 e. The molecule has 2 aromatic carbocycles. The van der Waals surface area contributed by atoms with E-state index in [1.165, 1.54) is 23.0 Å². The number of nitrogens with zero attached hydrogens (tertiary/aromatic N) is 3.